The first-order chi connectivity index (χ1) is 26.0. The van der Waals surface area contributed by atoms with Gasteiger partial charge in [-0.05, 0) is 72.8 Å². The Kier molecular flexibility index (Phi) is 16.1. The van der Waals surface area contributed by atoms with E-state index in [1.807, 2.05) is 6.20 Å². The number of amides is 1. The number of hydrogen-bond acceptors (Lipinski definition) is 11. The molecule has 0 unspecified atom stereocenters. The fraction of sp³-hybridized carbons (Fsp3) is 0.897. The Hall–Kier alpha value is -2.16. The molecule has 0 radical (unpaired) electrons. The van der Waals surface area contributed by atoms with Gasteiger partial charge in [0.25, 0.3) is 5.79 Å². The maximum Gasteiger partial charge on any atom is 0.366 e. The topological polar surface area (TPSA) is 181 Å². The van der Waals surface area contributed by atoms with E-state index in [2.05, 4.69) is 127 Å². The largest absolute Gasteiger partial charge is 0.465 e. The van der Waals surface area contributed by atoms with Gasteiger partial charge in [0.2, 0.25) is 5.91 Å². The predicted octanol–water partition coefficient (Wildman–Crippen LogP) is 8.60. The Labute approximate surface area is 345 Å². The Morgan fingerprint density at radius 2 is 1.51 bits per heavy atom. The molecule has 3 rings (SSSR count). The van der Waals surface area contributed by atoms with Gasteiger partial charge < -0.3 is 32.8 Å². The highest BCUT2D eigenvalue weighted by Gasteiger charge is 2.60. The number of nitrogens with one attached hydrogen (secondary N) is 1. The summed E-state index contributed by atoms with van der Waals surface area (Å²) in [6.07, 6.45) is 3.73. The van der Waals surface area contributed by atoms with Crippen LogP contribution in [0.5, 0.6) is 0 Å². The molecule has 326 valence electrons. The van der Waals surface area contributed by atoms with Crippen LogP contribution in [-0.4, -0.2) is 109 Å². The van der Waals surface area contributed by atoms with Gasteiger partial charge in [-0.3, -0.25) is 4.79 Å². The third-order valence-electron chi connectivity index (χ3n) is 13.3. The van der Waals surface area contributed by atoms with Crippen LogP contribution in [0.25, 0.3) is 10.4 Å². The van der Waals surface area contributed by atoms with Crippen molar-refractivity contribution in [3.63, 3.8) is 0 Å². The molecule has 1 amide bonds. The number of carbonyl (C=O) groups excluding carboxylic acids is 2. The number of esters is 1. The summed E-state index contributed by atoms with van der Waals surface area (Å²) in [5.41, 5.74) is 10.6. The minimum absolute atomic E-state index is 0.0732. The van der Waals surface area contributed by atoms with E-state index in [9.17, 15) is 15.1 Å². The highest BCUT2D eigenvalue weighted by molar-refractivity contribution is 6.75. The molecule has 1 aliphatic carbocycles. The maximum absolute atomic E-state index is 14.4. The highest BCUT2D eigenvalue weighted by Crippen LogP contribution is 2.46. The van der Waals surface area contributed by atoms with Crippen molar-refractivity contribution < 1.29 is 37.1 Å². The van der Waals surface area contributed by atoms with Crippen LogP contribution < -0.4 is 5.32 Å². The summed E-state index contributed by atoms with van der Waals surface area (Å²) >= 11 is 0. The minimum Gasteiger partial charge on any atom is -0.465 e. The molecular formula is C39H75N7O8Si3. The van der Waals surface area contributed by atoms with Crippen LogP contribution in [0.4, 0.5) is 0 Å². The SMILES string of the molecule is COC(=O)[C@@]1(OC)C[C@H](O[Si](C)(C)C(C)(C)C)[C@@H](NC(=O)Cn2cc(C3CCCCC3)nn2)[C@H]([C@H](O[Si](C)(C)C(C)(C)C)[C@@H](CN=[N+]=[N-])O[Si](C)(C)C(C)(C)C)O1. The van der Waals surface area contributed by atoms with E-state index in [1.54, 1.807) is 4.68 Å². The van der Waals surface area contributed by atoms with Gasteiger partial charge in [0.1, 0.15) is 12.6 Å². The molecule has 1 saturated heterocycles. The molecule has 2 aliphatic rings. The molecule has 1 aromatic heterocycles. The molecule has 18 heteroatoms. The van der Waals surface area contributed by atoms with Gasteiger partial charge in [-0.15, -0.1) is 5.10 Å². The third-order valence-corrected chi connectivity index (χ3v) is 26.8. The molecule has 0 aromatic carbocycles. The van der Waals surface area contributed by atoms with Gasteiger partial charge in [0.15, 0.2) is 25.0 Å². The number of methoxy groups -OCH3 is 2. The smallest absolute Gasteiger partial charge is 0.366 e. The summed E-state index contributed by atoms with van der Waals surface area (Å²) in [6, 6.07) is -0.882. The monoisotopic (exact) mass is 853 g/mol. The van der Waals surface area contributed by atoms with Crippen molar-refractivity contribution in [2.24, 2.45) is 5.11 Å². The fourth-order valence-corrected chi connectivity index (χ4v) is 10.6. The van der Waals surface area contributed by atoms with Crippen molar-refractivity contribution in [1.29, 1.82) is 0 Å². The summed E-state index contributed by atoms with van der Waals surface area (Å²) in [6.45, 7) is 31.7. The number of azide groups is 1. The molecule has 57 heavy (non-hydrogen) atoms. The summed E-state index contributed by atoms with van der Waals surface area (Å²) in [7, 11) is -5.23. The van der Waals surface area contributed by atoms with Crippen molar-refractivity contribution in [3.05, 3.63) is 22.3 Å². The van der Waals surface area contributed by atoms with E-state index in [4.69, 9.17) is 27.5 Å². The number of nitrogens with zero attached hydrogens (tertiary/aromatic N) is 6. The molecule has 2 heterocycles. The van der Waals surface area contributed by atoms with Crippen molar-refractivity contribution in [2.75, 3.05) is 20.8 Å². The van der Waals surface area contributed by atoms with Crippen LogP contribution in [0.1, 0.15) is 112 Å². The van der Waals surface area contributed by atoms with Gasteiger partial charge in [-0.2, -0.15) is 0 Å². The summed E-state index contributed by atoms with van der Waals surface area (Å²) in [4.78, 5) is 31.4. The van der Waals surface area contributed by atoms with Gasteiger partial charge in [-0.1, -0.05) is 91.9 Å². The molecule has 0 bridgehead atoms. The summed E-state index contributed by atoms with van der Waals surface area (Å²) in [5.74, 6) is -2.69. The Bertz CT molecular complexity index is 1560. The zero-order valence-corrected chi connectivity index (χ0v) is 41.1. The van der Waals surface area contributed by atoms with Crippen LogP contribution in [0, 0.1) is 0 Å². The lowest BCUT2D eigenvalue weighted by Gasteiger charge is -2.54. The van der Waals surface area contributed by atoms with Crippen LogP contribution in [0.2, 0.25) is 54.4 Å². The molecular weight excluding hydrogens is 779 g/mol. The lowest BCUT2D eigenvalue weighted by molar-refractivity contribution is -0.301. The maximum atomic E-state index is 14.4. The lowest BCUT2D eigenvalue weighted by atomic mass is 9.87. The molecule has 1 aromatic rings. The first-order valence-electron chi connectivity index (χ1n) is 20.6. The lowest BCUT2D eigenvalue weighted by Crippen LogP contribution is -2.71. The van der Waals surface area contributed by atoms with Crippen LogP contribution >= 0.6 is 0 Å². The number of rotatable bonds is 16. The highest BCUT2D eigenvalue weighted by atomic mass is 28.4. The average molecular weight is 854 g/mol. The number of hydrogen-bond donors (Lipinski definition) is 1. The summed E-state index contributed by atoms with van der Waals surface area (Å²) < 4.78 is 41.5. The number of aromatic nitrogens is 3. The molecule has 1 aliphatic heterocycles. The second-order valence-corrected chi connectivity index (χ2v) is 34.9. The van der Waals surface area contributed by atoms with E-state index < -0.39 is 67.2 Å². The van der Waals surface area contributed by atoms with E-state index >= 15 is 0 Å². The summed E-state index contributed by atoms with van der Waals surface area (Å²) in [5, 5.41) is 15.4. The van der Waals surface area contributed by atoms with Gasteiger partial charge in [0.05, 0.1) is 43.7 Å². The van der Waals surface area contributed by atoms with Gasteiger partial charge in [-0.25, -0.2) is 9.48 Å². The minimum atomic E-state index is -2.71. The molecule has 15 nitrogen and oxygen atoms in total. The first kappa shape index (κ1) is 49.2. The van der Waals surface area contributed by atoms with E-state index in [0.717, 1.165) is 31.4 Å². The van der Waals surface area contributed by atoms with E-state index in [1.165, 1.54) is 20.6 Å². The average Bonchev–Trinajstić information content (AvgIpc) is 3.56. The number of carbonyl (C=O) groups is 2. The van der Waals surface area contributed by atoms with Crippen LogP contribution in [0.3, 0.4) is 0 Å². The second kappa shape index (κ2) is 18.6. The van der Waals surface area contributed by atoms with Gasteiger partial charge >= 0.3 is 5.97 Å². The van der Waals surface area contributed by atoms with Crippen molar-refractivity contribution >= 4 is 36.8 Å². The Balaban J connectivity index is 2.30. The van der Waals surface area contributed by atoms with E-state index in [0.29, 0.717) is 5.92 Å². The molecule has 2 fully saturated rings. The van der Waals surface area contributed by atoms with Crippen molar-refractivity contribution in [3.8, 4) is 0 Å². The fourth-order valence-electron chi connectivity index (χ4n) is 6.67. The quantitative estimate of drug-likeness (QED) is 0.0556. The first-order valence-corrected chi connectivity index (χ1v) is 29.3. The third kappa shape index (κ3) is 12.0. The van der Waals surface area contributed by atoms with Crippen molar-refractivity contribution in [2.45, 2.75) is 204 Å². The Morgan fingerprint density at radius 3 is 2.02 bits per heavy atom. The molecule has 6 atom stereocenters. The second-order valence-electron chi connectivity index (χ2n) is 20.6. The molecule has 1 saturated carbocycles. The van der Waals surface area contributed by atoms with Crippen LogP contribution in [0.15, 0.2) is 11.3 Å². The van der Waals surface area contributed by atoms with E-state index in [-0.39, 0.29) is 40.5 Å². The zero-order chi connectivity index (χ0) is 43.4. The number of ether oxygens (including phenoxy) is 3. The van der Waals surface area contributed by atoms with Crippen LogP contribution in [-0.2, 0) is 43.6 Å². The molecule has 1 N–H and O–H groups in total. The zero-order valence-electron chi connectivity index (χ0n) is 38.1. The predicted molar refractivity (Wildman–Crippen MR) is 229 cm³/mol. The standard InChI is InChI=1S/C39H75N7O8Si3/c1-36(2,3)55(12,13)52-29-23-39(50-11,35(48)49-10)51-34(32(29)42-31(47)26-46-25-28(43-45-46)27-21-19-18-20-22-27)33(54-57(16,17)38(7,8)9)30(24-41-44-40)53-56(14,15)37(4,5)6/h25,27,29-30,32-34H,18-24,26H2,1-17H3,(H,42,47)/t29-,30+,32+,33+,34+,39+/m0/s1. The van der Waals surface area contributed by atoms with Gasteiger partial charge in [0, 0.05) is 30.6 Å². The normalized spacial score (nSPS) is 24.3. The Morgan fingerprint density at radius 1 is 0.947 bits per heavy atom. The molecule has 0 spiro atoms. The van der Waals surface area contributed by atoms with Crippen molar-refractivity contribution in [1.82, 2.24) is 20.3 Å².